The van der Waals surface area contributed by atoms with E-state index in [0.29, 0.717) is 47.4 Å². The van der Waals surface area contributed by atoms with Gasteiger partial charge in [-0.2, -0.15) is 0 Å². The van der Waals surface area contributed by atoms with Crippen molar-refractivity contribution < 1.29 is 14.3 Å². The molecular weight excluding hydrogens is 432 g/mol. The average molecular weight is 483 g/mol. The van der Waals surface area contributed by atoms with Gasteiger partial charge in [-0.05, 0) is 111 Å². The molecule has 0 spiro atoms. The number of fused-ring (bicyclic) bond motifs is 7. The maximum atomic E-state index is 13.0. The lowest BCUT2D eigenvalue weighted by Gasteiger charge is -2.72. The molecular formula is C32H50O3. The fraction of sp³-hybridized carbons (Fsp3) is 0.875. The first kappa shape index (κ1) is 25.5. The van der Waals surface area contributed by atoms with Crippen molar-refractivity contribution in [3.05, 3.63) is 12.2 Å². The molecule has 9 atom stereocenters. The number of esters is 1. The molecule has 0 aromatic rings. The molecule has 0 radical (unpaired) electrons. The first-order valence-electron chi connectivity index (χ1n) is 14.5. The number of carbonyl (C=O) groups is 2. The number of hydrogen-bond acceptors (Lipinski definition) is 3. The molecule has 0 aromatic carbocycles. The number of allylic oxidation sites excluding steroid dienone is 1. The third-order valence-electron chi connectivity index (χ3n) is 13.5. The lowest BCUT2D eigenvalue weighted by Crippen LogP contribution is -2.66. The van der Waals surface area contributed by atoms with Gasteiger partial charge < -0.3 is 4.74 Å². The Kier molecular flexibility index (Phi) is 5.79. The van der Waals surface area contributed by atoms with Crippen molar-refractivity contribution in [2.24, 2.45) is 56.7 Å². The van der Waals surface area contributed by atoms with Crippen LogP contribution in [-0.4, -0.2) is 18.4 Å². The predicted octanol–water partition coefficient (Wildman–Crippen LogP) is 7.78. The van der Waals surface area contributed by atoms with Gasteiger partial charge in [-0.25, -0.2) is 0 Å². The summed E-state index contributed by atoms with van der Waals surface area (Å²) in [5.41, 5.74) is 2.12. The van der Waals surface area contributed by atoms with Crippen LogP contribution in [0, 0.1) is 56.7 Å². The minimum absolute atomic E-state index is 0.128. The lowest BCUT2D eigenvalue weighted by atomic mass is 9.32. The second kappa shape index (κ2) is 7.94. The average Bonchev–Trinajstić information content (AvgIpc) is 3.16. The first-order chi connectivity index (χ1) is 16.2. The zero-order chi connectivity index (χ0) is 25.6. The van der Waals surface area contributed by atoms with Gasteiger partial charge >= 0.3 is 5.97 Å². The van der Waals surface area contributed by atoms with E-state index in [1.54, 1.807) is 6.92 Å². The number of carbonyl (C=O) groups excluding carboxylic acids is 2. The van der Waals surface area contributed by atoms with Crippen LogP contribution in [0.25, 0.3) is 0 Å². The second-order valence-electron chi connectivity index (χ2n) is 15.0. The standard InChI is InChI=1S/C32H50O3/c1-20(2)22-11-16-32(19-35-21(3)33)18-17-30(7)23(27(22)32)9-10-25-29(6)14-13-26(34)28(4,5)24(29)12-15-31(25,30)8/h22-25,27H,1,9-19H2,2-8H3/t22-,23-,24-,25+,27-,29+,30-,31+,32-/m1/s1. The van der Waals surface area contributed by atoms with Gasteiger partial charge in [0, 0.05) is 24.2 Å². The van der Waals surface area contributed by atoms with Crippen LogP contribution in [0.4, 0.5) is 0 Å². The highest BCUT2D eigenvalue weighted by Gasteiger charge is 2.71. The zero-order valence-corrected chi connectivity index (χ0v) is 23.6. The van der Waals surface area contributed by atoms with Crippen molar-refractivity contribution in [1.29, 1.82) is 0 Å². The molecule has 5 rings (SSSR count). The van der Waals surface area contributed by atoms with Crippen molar-refractivity contribution in [3.63, 3.8) is 0 Å². The minimum Gasteiger partial charge on any atom is -0.465 e. The van der Waals surface area contributed by atoms with Gasteiger partial charge in [-0.3, -0.25) is 9.59 Å². The van der Waals surface area contributed by atoms with Gasteiger partial charge in [0.05, 0.1) is 6.61 Å². The summed E-state index contributed by atoms with van der Waals surface area (Å²) in [6.45, 7) is 21.2. The lowest BCUT2D eigenvalue weighted by molar-refractivity contribution is -0.237. The molecule has 0 unspecified atom stereocenters. The summed E-state index contributed by atoms with van der Waals surface area (Å²) in [4.78, 5) is 24.8. The van der Waals surface area contributed by atoms with Crippen LogP contribution in [0.1, 0.15) is 113 Å². The molecule has 196 valence electrons. The predicted molar refractivity (Wildman–Crippen MR) is 141 cm³/mol. The van der Waals surface area contributed by atoms with Crippen molar-refractivity contribution in [3.8, 4) is 0 Å². The van der Waals surface area contributed by atoms with Gasteiger partial charge in [0.25, 0.3) is 0 Å². The second-order valence-corrected chi connectivity index (χ2v) is 15.0. The number of ketones is 1. The molecule has 35 heavy (non-hydrogen) atoms. The number of Topliss-reactive ketones (excluding diaryl/α,β-unsaturated/α-hetero) is 1. The van der Waals surface area contributed by atoms with Gasteiger partial charge in [-0.15, -0.1) is 0 Å². The maximum Gasteiger partial charge on any atom is 0.302 e. The molecule has 0 saturated heterocycles. The third kappa shape index (κ3) is 3.27. The highest BCUT2D eigenvalue weighted by atomic mass is 16.5. The summed E-state index contributed by atoms with van der Waals surface area (Å²) in [7, 11) is 0. The highest BCUT2D eigenvalue weighted by molar-refractivity contribution is 5.85. The Labute approximate surface area is 214 Å². The molecule has 0 heterocycles. The Morgan fingerprint density at radius 3 is 2.26 bits per heavy atom. The van der Waals surface area contributed by atoms with Gasteiger partial charge in [-0.1, -0.05) is 46.8 Å². The minimum atomic E-state index is -0.186. The summed E-state index contributed by atoms with van der Waals surface area (Å²) in [6.07, 6.45) is 11.6. The van der Waals surface area contributed by atoms with Crippen LogP contribution >= 0.6 is 0 Å². The largest absolute Gasteiger partial charge is 0.465 e. The van der Waals surface area contributed by atoms with Gasteiger partial charge in [0.1, 0.15) is 5.78 Å². The summed E-state index contributed by atoms with van der Waals surface area (Å²) in [6, 6.07) is 0. The SMILES string of the molecule is C=C(C)[C@H]1CC[C@]2(COC(C)=O)CC[C@]3(C)[C@H](CC[C@H]4[C@@]5(C)CCC(=O)C(C)(C)[C@H]5CC[C@@]43C)[C@@H]12. The van der Waals surface area contributed by atoms with E-state index in [2.05, 4.69) is 48.1 Å². The van der Waals surface area contributed by atoms with E-state index in [-0.39, 0.29) is 27.6 Å². The highest BCUT2D eigenvalue weighted by Crippen LogP contribution is 2.77. The van der Waals surface area contributed by atoms with Crippen molar-refractivity contribution >= 4 is 11.8 Å². The zero-order valence-electron chi connectivity index (χ0n) is 23.6. The number of hydrogen-bond donors (Lipinski definition) is 0. The Bertz CT molecular complexity index is 933. The Balaban J connectivity index is 1.53. The quantitative estimate of drug-likeness (QED) is 0.305. The van der Waals surface area contributed by atoms with E-state index in [1.807, 2.05) is 0 Å². The molecule has 0 bridgehead atoms. The van der Waals surface area contributed by atoms with E-state index < -0.39 is 0 Å². The molecule has 0 N–H and O–H groups in total. The summed E-state index contributed by atoms with van der Waals surface area (Å²) >= 11 is 0. The molecule has 3 nitrogen and oxygen atoms in total. The van der Waals surface area contributed by atoms with E-state index in [1.165, 1.54) is 56.9 Å². The van der Waals surface area contributed by atoms with E-state index in [0.717, 1.165) is 12.8 Å². The molecule has 5 saturated carbocycles. The van der Waals surface area contributed by atoms with Crippen molar-refractivity contribution in [1.82, 2.24) is 0 Å². The van der Waals surface area contributed by atoms with Crippen LogP contribution in [-0.2, 0) is 14.3 Å². The first-order valence-corrected chi connectivity index (χ1v) is 14.5. The fourth-order valence-electron chi connectivity index (χ4n) is 11.6. The van der Waals surface area contributed by atoms with E-state index >= 15 is 0 Å². The van der Waals surface area contributed by atoms with E-state index in [9.17, 15) is 9.59 Å². The summed E-state index contributed by atoms with van der Waals surface area (Å²) < 4.78 is 5.78. The molecule has 0 amide bonds. The Hall–Kier alpha value is -1.12. The molecule has 0 aliphatic heterocycles. The molecule has 5 fully saturated rings. The molecule has 5 aliphatic carbocycles. The van der Waals surface area contributed by atoms with Crippen molar-refractivity contribution in [2.45, 2.75) is 113 Å². The van der Waals surface area contributed by atoms with Crippen molar-refractivity contribution in [2.75, 3.05) is 6.61 Å². The molecule has 5 aliphatic rings. The van der Waals surface area contributed by atoms with Crippen LogP contribution in [0.3, 0.4) is 0 Å². The van der Waals surface area contributed by atoms with Crippen LogP contribution in [0.15, 0.2) is 12.2 Å². The maximum absolute atomic E-state index is 13.0. The number of rotatable bonds is 3. The molecule has 0 aromatic heterocycles. The molecule has 3 heteroatoms. The summed E-state index contributed by atoms with van der Waals surface area (Å²) in [5.74, 6) is 3.34. The topological polar surface area (TPSA) is 43.4 Å². The van der Waals surface area contributed by atoms with Crippen LogP contribution in [0.5, 0.6) is 0 Å². The van der Waals surface area contributed by atoms with E-state index in [4.69, 9.17) is 4.74 Å². The monoisotopic (exact) mass is 482 g/mol. The summed E-state index contributed by atoms with van der Waals surface area (Å²) in [5, 5.41) is 0. The van der Waals surface area contributed by atoms with Gasteiger partial charge in [0.15, 0.2) is 0 Å². The van der Waals surface area contributed by atoms with Crippen LogP contribution < -0.4 is 0 Å². The Morgan fingerprint density at radius 1 is 0.886 bits per heavy atom. The van der Waals surface area contributed by atoms with Gasteiger partial charge in [0.2, 0.25) is 0 Å². The Morgan fingerprint density at radius 2 is 1.60 bits per heavy atom. The normalized spacial score (nSPS) is 50.4. The number of ether oxygens (including phenoxy) is 1. The fourth-order valence-corrected chi connectivity index (χ4v) is 11.6. The third-order valence-corrected chi connectivity index (χ3v) is 13.5. The smallest absolute Gasteiger partial charge is 0.302 e. The van der Waals surface area contributed by atoms with Crippen LogP contribution in [0.2, 0.25) is 0 Å².